The van der Waals surface area contributed by atoms with Gasteiger partial charge >= 0.3 is 5.97 Å². The third-order valence-electron chi connectivity index (χ3n) is 13.1. The minimum Gasteiger partial charge on any atom is -0.487 e. The summed E-state index contributed by atoms with van der Waals surface area (Å²) < 4.78 is 51.2. The van der Waals surface area contributed by atoms with Crippen molar-refractivity contribution in [1.82, 2.24) is 15.0 Å². The molecule has 0 N–H and O–H groups in total. The van der Waals surface area contributed by atoms with Gasteiger partial charge in [-0.2, -0.15) is 0 Å². The van der Waals surface area contributed by atoms with E-state index in [1.165, 1.54) is 5.57 Å². The molecule has 1 aromatic heterocycles. The molecule has 302 valence electrons. The molecule has 5 heterocycles. The lowest BCUT2D eigenvalue weighted by Crippen LogP contribution is -2.60. The number of allylic oxidation sites excluding steroid dienone is 2. The summed E-state index contributed by atoms with van der Waals surface area (Å²) in [5, 5.41) is 8.71. The Balaban J connectivity index is 0.791. The Kier molecular flexibility index (Phi) is 10.2. The lowest BCUT2D eigenvalue weighted by atomic mass is 9.46. The van der Waals surface area contributed by atoms with Crippen LogP contribution in [0.1, 0.15) is 76.5 Å². The molecule has 0 bridgehead atoms. The fourth-order valence-corrected chi connectivity index (χ4v) is 10.2. The molecule has 9 rings (SSSR count). The van der Waals surface area contributed by atoms with Crippen molar-refractivity contribution in [3.63, 3.8) is 0 Å². The van der Waals surface area contributed by atoms with Crippen LogP contribution in [0.15, 0.2) is 96.7 Å². The number of nitrogens with zero attached hydrogens (tertiary/aromatic N) is 3. The first-order chi connectivity index (χ1) is 27.5. The number of ether oxygens (including phenoxy) is 8. The van der Waals surface area contributed by atoms with E-state index in [2.05, 4.69) is 36.8 Å². The summed E-state index contributed by atoms with van der Waals surface area (Å²) >= 11 is 0. The largest absolute Gasteiger partial charge is 0.487 e. The van der Waals surface area contributed by atoms with E-state index < -0.39 is 18.4 Å². The van der Waals surface area contributed by atoms with Gasteiger partial charge in [-0.1, -0.05) is 85.8 Å². The first kappa shape index (κ1) is 38.4. The quantitative estimate of drug-likeness (QED) is 0.146. The third-order valence-corrected chi connectivity index (χ3v) is 13.1. The van der Waals surface area contributed by atoms with E-state index in [1.54, 1.807) is 4.68 Å². The van der Waals surface area contributed by atoms with Crippen LogP contribution >= 0.6 is 0 Å². The van der Waals surface area contributed by atoms with Crippen molar-refractivity contribution in [3.8, 4) is 5.75 Å². The zero-order valence-electron chi connectivity index (χ0n) is 33.2. The van der Waals surface area contributed by atoms with E-state index in [4.69, 9.17) is 37.9 Å². The van der Waals surface area contributed by atoms with Crippen LogP contribution in [0.2, 0.25) is 0 Å². The Morgan fingerprint density at radius 3 is 2.60 bits per heavy atom. The number of cyclic esters (lactones) is 1. The summed E-state index contributed by atoms with van der Waals surface area (Å²) in [6, 6.07) is 18.0. The molecule has 2 saturated carbocycles. The Morgan fingerprint density at radius 2 is 1.81 bits per heavy atom. The summed E-state index contributed by atoms with van der Waals surface area (Å²) in [6.07, 6.45) is 9.86. The van der Waals surface area contributed by atoms with Gasteiger partial charge in [0.1, 0.15) is 43.0 Å². The van der Waals surface area contributed by atoms with E-state index in [1.807, 2.05) is 86.8 Å². The van der Waals surface area contributed by atoms with Crippen molar-refractivity contribution in [2.24, 2.45) is 22.7 Å². The number of fused-ring (bicyclic) bond motifs is 4. The van der Waals surface area contributed by atoms with Crippen molar-refractivity contribution in [1.29, 1.82) is 0 Å². The second kappa shape index (κ2) is 15.2. The Hall–Kier alpha value is -4.17. The van der Waals surface area contributed by atoms with Gasteiger partial charge in [-0.05, 0) is 74.6 Å². The maximum atomic E-state index is 12.1. The number of rotatable bonds is 11. The minimum atomic E-state index is -0.746. The van der Waals surface area contributed by atoms with Crippen molar-refractivity contribution >= 4 is 5.97 Å². The Morgan fingerprint density at radius 1 is 0.982 bits per heavy atom. The molecule has 57 heavy (non-hydrogen) atoms. The van der Waals surface area contributed by atoms with Gasteiger partial charge in [-0.25, -0.2) is 9.48 Å². The highest BCUT2D eigenvalue weighted by Crippen LogP contribution is 2.63. The van der Waals surface area contributed by atoms with Gasteiger partial charge < -0.3 is 37.9 Å². The van der Waals surface area contributed by atoms with E-state index in [9.17, 15) is 4.79 Å². The molecule has 0 spiro atoms. The predicted molar refractivity (Wildman–Crippen MR) is 207 cm³/mol. The van der Waals surface area contributed by atoms with E-state index >= 15 is 0 Å². The molecule has 3 saturated heterocycles. The summed E-state index contributed by atoms with van der Waals surface area (Å²) in [5.74, 6) is 0.276. The fraction of sp³-hybridized carbons (Fsp3) is 0.533. The van der Waals surface area contributed by atoms with Crippen LogP contribution in [0.5, 0.6) is 5.75 Å². The van der Waals surface area contributed by atoms with E-state index in [-0.39, 0.29) is 53.7 Å². The topological polar surface area (TPSA) is 122 Å². The van der Waals surface area contributed by atoms with Crippen molar-refractivity contribution in [2.75, 3.05) is 13.2 Å². The van der Waals surface area contributed by atoms with Gasteiger partial charge in [0.25, 0.3) is 0 Å². The minimum absolute atomic E-state index is 0.00580. The molecule has 10 atom stereocenters. The highest BCUT2D eigenvalue weighted by molar-refractivity contribution is 5.93. The molecule has 2 aliphatic carbocycles. The molecule has 0 amide bonds. The number of hydrogen-bond donors (Lipinski definition) is 0. The molecule has 5 unspecified atom stereocenters. The van der Waals surface area contributed by atoms with Gasteiger partial charge in [-0.15, -0.1) is 5.10 Å². The van der Waals surface area contributed by atoms with Crippen molar-refractivity contribution < 1.29 is 42.7 Å². The van der Waals surface area contributed by atoms with Crippen LogP contribution in [0.3, 0.4) is 0 Å². The molecule has 5 fully saturated rings. The first-order valence-corrected chi connectivity index (χ1v) is 20.3. The molecule has 6 aliphatic rings. The number of carbonyl (C=O) groups excluding carboxylic acids is 1. The van der Waals surface area contributed by atoms with Gasteiger partial charge in [0, 0.05) is 16.9 Å². The second-order valence-electron chi connectivity index (χ2n) is 17.4. The van der Waals surface area contributed by atoms with Crippen LogP contribution in [-0.4, -0.2) is 70.7 Å². The zero-order valence-corrected chi connectivity index (χ0v) is 33.2. The molecule has 12 heteroatoms. The summed E-state index contributed by atoms with van der Waals surface area (Å²) in [6.45, 7) is 15.0. The number of benzene rings is 2. The van der Waals surface area contributed by atoms with Gasteiger partial charge in [0.2, 0.25) is 0 Å². The number of esters is 1. The van der Waals surface area contributed by atoms with Crippen molar-refractivity contribution in [3.05, 3.63) is 114 Å². The molecular formula is C45H53N3O9. The summed E-state index contributed by atoms with van der Waals surface area (Å²) in [5.41, 5.74) is 4.44. The van der Waals surface area contributed by atoms with Crippen LogP contribution in [0.25, 0.3) is 0 Å². The van der Waals surface area contributed by atoms with Crippen LogP contribution in [0.4, 0.5) is 0 Å². The number of hydrogen-bond acceptors (Lipinski definition) is 11. The molecule has 3 aromatic rings. The lowest BCUT2D eigenvalue weighted by Gasteiger charge is -2.62. The van der Waals surface area contributed by atoms with Crippen molar-refractivity contribution in [2.45, 2.75) is 116 Å². The highest BCUT2D eigenvalue weighted by atomic mass is 16.8. The van der Waals surface area contributed by atoms with Gasteiger partial charge in [-0.3, -0.25) is 0 Å². The van der Waals surface area contributed by atoms with E-state index in [0.29, 0.717) is 49.3 Å². The van der Waals surface area contributed by atoms with Gasteiger partial charge in [0.05, 0.1) is 37.6 Å². The lowest BCUT2D eigenvalue weighted by molar-refractivity contribution is -0.306. The molecule has 12 nitrogen and oxygen atoms in total. The Labute approximate surface area is 334 Å². The Bertz CT molecular complexity index is 2010. The maximum Gasteiger partial charge on any atom is 0.338 e. The van der Waals surface area contributed by atoms with E-state index in [0.717, 1.165) is 36.8 Å². The standard InChI is InChI=1S/C45H53N3O9/c1-28-11-18-36-44(4,34(28)17-14-30-20-22-50-40(30)49)21-19-37-45(36,5)27-53-41(55-37)31-12-15-33(16-13-31)51-26-32-23-48(47-46-32)24-35-38(52-25-29-9-7-6-8-10-29)39-42(54-35)57-43(2,3)56-39/h6-10,12-17,20,23,34-39,41-42H,1,11,18-19,21-22,24-27H2,2-5H3/b17-14+/t34-,35?,36+,37?,38-,39?,41?,42?,44+,45+/m1/s1. The predicted octanol–water partition coefficient (Wildman–Crippen LogP) is 7.16. The normalized spacial score (nSPS) is 35.8. The molecule has 2 aromatic carbocycles. The zero-order chi connectivity index (χ0) is 39.4. The maximum absolute atomic E-state index is 12.1. The van der Waals surface area contributed by atoms with Crippen LogP contribution in [-0.2, 0) is 57.7 Å². The monoisotopic (exact) mass is 779 g/mol. The molecular weight excluding hydrogens is 727 g/mol. The SMILES string of the molecule is C=C1CC[C@H]2[C@@](C)(CCC3OC(c4ccc(OCc5cn(CC6OC7OC(C)(C)OC7[C@@H]6OCc6ccccc6)nn5)cc4)OC[C@]32C)[C@@H]1/C=C/C1=CCOC1=O. The molecule has 4 aliphatic heterocycles. The van der Waals surface area contributed by atoms with Gasteiger partial charge in [0.15, 0.2) is 18.4 Å². The summed E-state index contributed by atoms with van der Waals surface area (Å²) in [7, 11) is 0. The smallest absolute Gasteiger partial charge is 0.338 e. The second-order valence-corrected chi connectivity index (χ2v) is 17.4. The molecule has 0 radical (unpaired) electrons. The average Bonchev–Trinajstić information content (AvgIpc) is 3.97. The summed E-state index contributed by atoms with van der Waals surface area (Å²) in [4.78, 5) is 12.1. The highest BCUT2D eigenvalue weighted by Gasteiger charge is 2.60. The average molecular weight is 780 g/mol. The number of carbonyl (C=O) groups is 1. The first-order valence-electron chi connectivity index (χ1n) is 20.3. The van der Waals surface area contributed by atoms with Crippen LogP contribution in [0, 0.1) is 22.7 Å². The third kappa shape index (κ3) is 7.52. The van der Waals surface area contributed by atoms with Crippen LogP contribution < -0.4 is 4.74 Å². The number of aromatic nitrogens is 3. The fourth-order valence-electron chi connectivity index (χ4n) is 10.2.